The Morgan fingerprint density at radius 3 is 2.46 bits per heavy atom. The fraction of sp³-hybridized carbons (Fsp3) is 0.214. The highest BCUT2D eigenvalue weighted by atomic mass is 16.5. The minimum absolute atomic E-state index is 0.0461. The minimum Gasteiger partial charge on any atom is -0.507 e. The van der Waals surface area contributed by atoms with Crippen molar-refractivity contribution in [2.45, 2.75) is 18.8 Å². The molecule has 0 aliphatic heterocycles. The molecule has 4 aromatic rings. The second-order valence-electron chi connectivity index (χ2n) is 7.94. The van der Waals surface area contributed by atoms with Gasteiger partial charge >= 0.3 is 11.6 Å². The lowest BCUT2D eigenvalue weighted by Gasteiger charge is -2.22. The molecule has 0 amide bonds. The lowest BCUT2D eigenvalue weighted by atomic mass is 9.87. The van der Waals surface area contributed by atoms with Crippen LogP contribution in [0.5, 0.6) is 17.2 Å². The SMILES string of the molecule is COC(=O)C[C@H](c1cccc(OC)c1OCCc1ccccc1)c1c(O)c2ccccc2oc1=O. The lowest BCUT2D eigenvalue weighted by molar-refractivity contribution is -0.140. The van der Waals surface area contributed by atoms with Crippen molar-refractivity contribution in [2.24, 2.45) is 0 Å². The number of esters is 1. The van der Waals surface area contributed by atoms with Crippen molar-refractivity contribution in [1.82, 2.24) is 0 Å². The maximum atomic E-state index is 13.1. The van der Waals surface area contributed by atoms with E-state index >= 15 is 0 Å². The number of hydrogen-bond acceptors (Lipinski definition) is 7. The summed E-state index contributed by atoms with van der Waals surface area (Å²) in [5.74, 6) is -0.879. The first-order valence-corrected chi connectivity index (χ1v) is 11.2. The third-order valence-electron chi connectivity index (χ3n) is 5.85. The minimum atomic E-state index is -0.898. The van der Waals surface area contributed by atoms with Gasteiger partial charge in [-0.2, -0.15) is 0 Å². The number of aromatic hydroxyl groups is 1. The van der Waals surface area contributed by atoms with E-state index in [1.165, 1.54) is 14.2 Å². The van der Waals surface area contributed by atoms with E-state index in [2.05, 4.69) is 0 Å². The predicted molar refractivity (Wildman–Crippen MR) is 131 cm³/mol. The molecule has 7 heteroatoms. The Balaban J connectivity index is 1.81. The molecule has 0 unspecified atom stereocenters. The molecule has 1 aromatic heterocycles. The zero-order chi connectivity index (χ0) is 24.8. The van der Waals surface area contributed by atoms with Crippen LogP contribution in [-0.4, -0.2) is 31.9 Å². The van der Waals surface area contributed by atoms with E-state index in [1.807, 2.05) is 30.3 Å². The number of fused-ring (bicyclic) bond motifs is 1. The Morgan fingerprint density at radius 2 is 1.71 bits per heavy atom. The van der Waals surface area contributed by atoms with Crippen LogP contribution in [0.4, 0.5) is 0 Å². The van der Waals surface area contributed by atoms with Crippen molar-refractivity contribution in [2.75, 3.05) is 20.8 Å². The van der Waals surface area contributed by atoms with Crippen LogP contribution in [-0.2, 0) is 16.0 Å². The first-order chi connectivity index (χ1) is 17.0. The van der Waals surface area contributed by atoms with Crippen molar-refractivity contribution in [3.05, 3.63) is 99.9 Å². The Bertz CT molecular complexity index is 1380. The summed E-state index contributed by atoms with van der Waals surface area (Å²) in [7, 11) is 2.78. The molecule has 7 nitrogen and oxygen atoms in total. The molecule has 0 radical (unpaired) electrons. The number of benzene rings is 3. The van der Waals surface area contributed by atoms with Gasteiger partial charge < -0.3 is 23.7 Å². The molecule has 1 N–H and O–H groups in total. The summed E-state index contributed by atoms with van der Waals surface area (Å²) in [6.45, 7) is 0.334. The smallest absolute Gasteiger partial charge is 0.343 e. The molecular weight excluding hydrogens is 448 g/mol. The van der Waals surface area contributed by atoms with Gasteiger partial charge in [0.1, 0.15) is 11.3 Å². The molecule has 35 heavy (non-hydrogen) atoms. The third-order valence-corrected chi connectivity index (χ3v) is 5.85. The molecule has 0 saturated heterocycles. The number of carbonyl (C=O) groups is 1. The fourth-order valence-corrected chi connectivity index (χ4v) is 4.11. The van der Waals surface area contributed by atoms with Gasteiger partial charge in [0.2, 0.25) is 0 Å². The van der Waals surface area contributed by atoms with Crippen molar-refractivity contribution in [1.29, 1.82) is 0 Å². The molecule has 0 fully saturated rings. The number of rotatable bonds is 9. The van der Waals surface area contributed by atoms with Crippen molar-refractivity contribution in [3.8, 4) is 17.2 Å². The van der Waals surface area contributed by atoms with Gasteiger partial charge in [-0.1, -0.05) is 54.6 Å². The summed E-state index contributed by atoms with van der Waals surface area (Å²) >= 11 is 0. The van der Waals surface area contributed by atoms with Crippen LogP contribution in [0.1, 0.15) is 29.0 Å². The van der Waals surface area contributed by atoms with Gasteiger partial charge in [-0.25, -0.2) is 4.79 Å². The van der Waals surface area contributed by atoms with Gasteiger partial charge in [0.05, 0.1) is 38.2 Å². The standard InChI is InChI=1S/C28H26O7/c1-32-23-14-8-12-19(27(23)34-16-15-18-9-4-3-5-10-18)21(17-24(29)33-2)25-26(30)20-11-6-7-13-22(20)35-28(25)31/h3-14,21,30H,15-17H2,1-2H3/t21-/m1/s1. The highest BCUT2D eigenvalue weighted by Gasteiger charge is 2.30. The molecule has 4 rings (SSSR count). The second kappa shape index (κ2) is 10.8. The summed E-state index contributed by atoms with van der Waals surface area (Å²) in [4.78, 5) is 25.5. The number of para-hydroxylation sites is 2. The van der Waals surface area contributed by atoms with Gasteiger partial charge in [0.15, 0.2) is 11.5 Å². The lowest BCUT2D eigenvalue weighted by Crippen LogP contribution is -2.19. The van der Waals surface area contributed by atoms with E-state index < -0.39 is 17.5 Å². The quantitative estimate of drug-likeness (QED) is 0.274. The summed E-state index contributed by atoms with van der Waals surface area (Å²) in [5.41, 5.74) is 1.06. The van der Waals surface area contributed by atoms with E-state index in [0.717, 1.165) is 5.56 Å². The molecule has 1 heterocycles. The number of methoxy groups -OCH3 is 2. The van der Waals surface area contributed by atoms with Crippen LogP contribution in [0, 0.1) is 0 Å². The first kappa shape index (κ1) is 23.9. The zero-order valence-electron chi connectivity index (χ0n) is 19.5. The molecule has 0 bridgehead atoms. The molecule has 180 valence electrons. The Morgan fingerprint density at radius 1 is 0.971 bits per heavy atom. The normalized spacial score (nSPS) is 11.7. The summed E-state index contributed by atoms with van der Waals surface area (Å²) < 4.78 is 22.1. The van der Waals surface area contributed by atoms with E-state index in [9.17, 15) is 14.7 Å². The van der Waals surface area contributed by atoms with E-state index in [-0.39, 0.29) is 23.3 Å². The van der Waals surface area contributed by atoms with E-state index in [0.29, 0.717) is 35.5 Å². The first-order valence-electron chi connectivity index (χ1n) is 11.2. The zero-order valence-corrected chi connectivity index (χ0v) is 19.5. The van der Waals surface area contributed by atoms with Crippen molar-refractivity contribution < 1.29 is 28.5 Å². The van der Waals surface area contributed by atoms with Gasteiger partial charge in [0, 0.05) is 17.9 Å². The molecular formula is C28H26O7. The Hall–Kier alpha value is -4.26. The molecule has 1 atom stereocenters. The average Bonchev–Trinajstić information content (AvgIpc) is 2.88. The Kier molecular flexibility index (Phi) is 7.35. The van der Waals surface area contributed by atoms with Gasteiger partial charge in [0.25, 0.3) is 0 Å². The number of carbonyl (C=O) groups excluding carboxylic acids is 1. The second-order valence-corrected chi connectivity index (χ2v) is 7.94. The van der Waals surface area contributed by atoms with Crippen LogP contribution in [0.15, 0.2) is 82.0 Å². The fourth-order valence-electron chi connectivity index (χ4n) is 4.11. The van der Waals surface area contributed by atoms with Crippen LogP contribution < -0.4 is 15.1 Å². The average molecular weight is 475 g/mol. The number of ether oxygens (including phenoxy) is 3. The molecule has 3 aromatic carbocycles. The van der Waals surface area contributed by atoms with Crippen LogP contribution in [0.25, 0.3) is 11.0 Å². The van der Waals surface area contributed by atoms with E-state index in [1.54, 1.807) is 42.5 Å². The molecule has 0 aliphatic carbocycles. The maximum absolute atomic E-state index is 13.1. The van der Waals surface area contributed by atoms with Crippen LogP contribution >= 0.6 is 0 Å². The van der Waals surface area contributed by atoms with Gasteiger partial charge in [-0.05, 0) is 23.8 Å². The van der Waals surface area contributed by atoms with Gasteiger partial charge in [-0.15, -0.1) is 0 Å². The third kappa shape index (κ3) is 5.14. The summed E-state index contributed by atoms with van der Waals surface area (Å²) in [5, 5.41) is 11.5. The molecule has 0 aliphatic rings. The van der Waals surface area contributed by atoms with Gasteiger partial charge in [-0.3, -0.25) is 4.79 Å². The topological polar surface area (TPSA) is 95.2 Å². The van der Waals surface area contributed by atoms with E-state index in [4.69, 9.17) is 18.6 Å². The van der Waals surface area contributed by atoms with Crippen molar-refractivity contribution in [3.63, 3.8) is 0 Å². The number of hydrogen-bond donors (Lipinski definition) is 1. The monoisotopic (exact) mass is 474 g/mol. The highest BCUT2D eigenvalue weighted by Crippen LogP contribution is 2.43. The molecule has 0 saturated carbocycles. The van der Waals surface area contributed by atoms with Crippen LogP contribution in [0.3, 0.4) is 0 Å². The predicted octanol–water partition coefficient (Wildman–Crippen LogP) is 4.82. The highest BCUT2D eigenvalue weighted by molar-refractivity contribution is 5.85. The molecule has 0 spiro atoms. The summed E-state index contributed by atoms with van der Waals surface area (Å²) in [6, 6.07) is 21.8. The summed E-state index contributed by atoms with van der Waals surface area (Å²) in [6.07, 6.45) is 0.429. The van der Waals surface area contributed by atoms with Crippen LogP contribution in [0.2, 0.25) is 0 Å². The van der Waals surface area contributed by atoms with Crippen molar-refractivity contribution >= 4 is 16.9 Å². The Labute approximate surface area is 202 Å². The largest absolute Gasteiger partial charge is 0.507 e. The maximum Gasteiger partial charge on any atom is 0.343 e.